The van der Waals surface area contributed by atoms with Crippen molar-refractivity contribution in [2.45, 2.75) is 52.0 Å². The van der Waals surface area contributed by atoms with Crippen molar-refractivity contribution in [1.29, 1.82) is 0 Å². The number of rotatable bonds is 9. The highest BCUT2D eigenvalue weighted by Gasteiger charge is 2.49. The summed E-state index contributed by atoms with van der Waals surface area (Å²) in [5, 5.41) is 5.59. The van der Waals surface area contributed by atoms with Crippen molar-refractivity contribution in [1.82, 2.24) is 15.5 Å². The molecule has 0 aromatic heterocycles. The molecule has 2 N–H and O–H groups in total. The summed E-state index contributed by atoms with van der Waals surface area (Å²) in [6, 6.07) is 4.58. The van der Waals surface area contributed by atoms with Gasteiger partial charge in [0.2, 0.25) is 5.91 Å². The number of nitrogens with zero attached hydrogens (tertiary/aromatic N) is 1. The zero-order valence-electron chi connectivity index (χ0n) is 18.0. The maximum absolute atomic E-state index is 13.1. The zero-order valence-corrected chi connectivity index (χ0v) is 18.0. The van der Waals surface area contributed by atoms with Gasteiger partial charge in [0.1, 0.15) is 25.3 Å². The average molecular weight is 418 g/mol. The number of benzene rings is 1. The van der Waals surface area contributed by atoms with Crippen LogP contribution in [0.4, 0.5) is 4.79 Å². The van der Waals surface area contributed by atoms with Crippen LogP contribution in [0.3, 0.4) is 0 Å². The van der Waals surface area contributed by atoms with Crippen molar-refractivity contribution < 1.29 is 23.9 Å². The van der Waals surface area contributed by atoms with E-state index in [4.69, 9.17) is 9.47 Å². The Hall–Kier alpha value is -2.77. The number of unbranched alkanes of at least 4 members (excludes halogenated alkanes) is 1. The van der Waals surface area contributed by atoms with Crippen LogP contribution in [-0.4, -0.2) is 49.0 Å². The van der Waals surface area contributed by atoms with E-state index in [1.165, 1.54) is 0 Å². The maximum atomic E-state index is 13.1. The monoisotopic (exact) mass is 417 g/mol. The minimum atomic E-state index is -1.26. The third kappa shape index (κ3) is 4.52. The molecule has 0 spiro atoms. The van der Waals surface area contributed by atoms with Crippen LogP contribution in [0.5, 0.6) is 11.5 Å². The summed E-state index contributed by atoms with van der Waals surface area (Å²) < 4.78 is 11.1. The van der Waals surface area contributed by atoms with Crippen LogP contribution < -0.4 is 20.1 Å². The molecule has 2 heterocycles. The number of hydrogen-bond acceptors (Lipinski definition) is 5. The smallest absolute Gasteiger partial charge is 0.325 e. The van der Waals surface area contributed by atoms with Crippen molar-refractivity contribution in [3.05, 3.63) is 23.8 Å². The minimum Gasteiger partial charge on any atom is -0.486 e. The number of carbonyl (C=O) groups is 3. The van der Waals surface area contributed by atoms with E-state index in [0.29, 0.717) is 42.7 Å². The van der Waals surface area contributed by atoms with Gasteiger partial charge in [-0.1, -0.05) is 39.2 Å². The third-order valence-electron chi connectivity index (χ3n) is 5.83. The molecule has 1 aromatic rings. The molecule has 0 bridgehead atoms. The predicted molar refractivity (Wildman–Crippen MR) is 111 cm³/mol. The van der Waals surface area contributed by atoms with E-state index < -0.39 is 17.5 Å². The van der Waals surface area contributed by atoms with E-state index in [9.17, 15) is 14.4 Å². The van der Waals surface area contributed by atoms with Gasteiger partial charge >= 0.3 is 6.03 Å². The summed E-state index contributed by atoms with van der Waals surface area (Å²) in [4.78, 5) is 38.9. The Labute approximate surface area is 177 Å². The highest BCUT2D eigenvalue weighted by atomic mass is 16.6. The highest BCUT2D eigenvalue weighted by Crippen LogP contribution is 2.36. The molecule has 0 aliphatic carbocycles. The van der Waals surface area contributed by atoms with E-state index in [2.05, 4.69) is 24.5 Å². The molecule has 30 heavy (non-hydrogen) atoms. The Bertz CT molecular complexity index is 812. The van der Waals surface area contributed by atoms with Crippen LogP contribution in [0.2, 0.25) is 0 Å². The molecule has 2 aliphatic rings. The van der Waals surface area contributed by atoms with Crippen molar-refractivity contribution in [3.63, 3.8) is 0 Å². The molecule has 3 rings (SSSR count). The lowest BCUT2D eigenvalue weighted by Gasteiger charge is -2.25. The fourth-order valence-corrected chi connectivity index (χ4v) is 3.79. The molecule has 8 nitrogen and oxygen atoms in total. The normalized spacial score (nSPS) is 21.4. The first kappa shape index (κ1) is 21.9. The Morgan fingerprint density at radius 3 is 2.67 bits per heavy atom. The highest BCUT2D eigenvalue weighted by molar-refractivity contribution is 6.09. The quantitative estimate of drug-likeness (QED) is 0.602. The van der Waals surface area contributed by atoms with Gasteiger partial charge in [0, 0.05) is 6.54 Å². The van der Waals surface area contributed by atoms with Crippen molar-refractivity contribution in [3.8, 4) is 11.5 Å². The molecule has 4 amide bonds. The van der Waals surface area contributed by atoms with Gasteiger partial charge in [0.15, 0.2) is 11.5 Å². The molecule has 0 unspecified atom stereocenters. The molecule has 164 valence electrons. The topological polar surface area (TPSA) is 97.0 Å². The first-order valence-electron chi connectivity index (χ1n) is 10.7. The van der Waals surface area contributed by atoms with E-state index in [0.717, 1.165) is 30.6 Å². The molecule has 0 saturated carbocycles. The third-order valence-corrected chi connectivity index (χ3v) is 5.83. The van der Waals surface area contributed by atoms with Crippen molar-refractivity contribution in [2.24, 2.45) is 5.92 Å². The molecule has 2 atom stereocenters. The number of carbonyl (C=O) groups excluding carboxylic acids is 3. The lowest BCUT2D eigenvalue weighted by Crippen LogP contribution is -2.44. The van der Waals surface area contributed by atoms with Crippen LogP contribution in [0.1, 0.15) is 52.0 Å². The summed E-state index contributed by atoms with van der Waals surface area (Å²) >= 11 is 0. The molecular weight excluding hydrogens is 386 g/mol. The predicted octanol–water partition coefficient (Wildman–Crippen LogP) is 2.56. The van der Waals surface area contributed by atoms with Gasteiger partial charge in [0.25, 0.3) is 5.91 Å². The zero-order chi connectivity index (χ0) is 21.7. The van der Waals surface area contributed by atoms with Crippen molar-refractivity contribution in [2.75, 3.05) is 26.3 Å². The first-order valence-corrected chi connectivity index (χ1v) is 10.7. The van der Waals surface area contributed by atoms with Gasteiger partial charge in [-0.15, -0.1) is 0 Å². The van der Waals surface area contributed by atoms with Gasteiger partial charge < -0.3 is 20.1 Å². The van der Waals surface area contributed by atoms with E-state index in [1.54, 1.807) is 25.1 Å². The maximum Gasteiger partial charge on any atom is 0.325 e. The average Bonchev–Trinajstić information content (AvgIpc) is 2.97. The SMILES string of the molecule is CCCC[C@H](CC)CNC(=O)CN1C(=O)N[C@](C)(c2ccc3c(c2)OCCO3)C1=O. The Morgan fingerprint density at radius 1 is 1.23 bits per heavy atom. The number of nitrogens with one attached hydrogen (secondary N) is 2. The number of hydrogen-bond donors (Lipinski definition) is 2. The van der Waals surface area contributed by atoms with Gasteiger partial charge in [0.05, 0.1) is 0 Å². The molecular formula is C22H31N3O5. The molecule has 1 saturated heterocycles. The second-order valence-electron chi connectivity index (χ2n) is 8.03. The van der Waals surface area contributed by atoms with Gasteiger partial charge in [-0.2, -0.15) is 0 Å². The number of ether oxygens (including phenoxy) is 2. The van der Waals surface area contributed by atoms with Crippen LogP contribution in [0.15, 0.2) is 18.2 Å². The lowest BCUT2D eigenvalue weighted by molar-refractivity contribution is -0.134. The number of urea groups is 1. The second kappa shape index (κ2) is 9.36. The summed E-state index contributed by atoms with van der Waals surface area (Å²) in [7, 11) is 0. The van der Waals surface area contributed by atoms with Gasteiger partial charge in [-0.3, -0.25) is 14.5 Å². The Balaban J connectivity index is 1.65. The standard InChI is InChI=1S/C22H31N3O5/c1-4-6-7-15(5-2)13-23-19(26)14-25-20(27)22(3,24-21(25)28)16-8-9-17-18(12-16)30-11-10-29-17/h8-9,12,15H,4-7,10-11,13-14H2,1-3H3,(H,23,26)(H,24,28)/t15-,22+/m0/s1. The largest absolute Gasteiger partial charge is 0.486 e. The van der Waals surface area contributed by atoms with Gasteiger partial charge in [-0.05, 0) is 37.0 Å². The molecule has 8 heteroatoms. The molecule has 2 aliphatic heterocycles. The summed E-state index contributed by atoms with van der Waals surface area (Å²) in [5.74, 6) is 0.753. The number of fused-ring (bicyclic) bond motifs is 1. The summed E-state index contributed by atoms with van der Waals surface area (Å²) in [6.07, 6.45) is 4.27. The van der Waals surface area contributed by atoms with Crippen LogP contribution in [-0.2, 0) is 15.1 Å². The molecule has 1 fully saturated rings. The van der Waals surface area contributed by atoms with E-state index in [1.807, 2.05) is 0 Å². The lowest BCUT2D eigenvalue weighted by atomic mass is 9.91. The van der Waals surface area contributed by atoms with Crippen LogP contribution >= 0.6 is 0 Å². The molecule has 0 radical (unpaired) electrons. The fourth-order valence-electron chi connectivity index (χ4n) is 3.79. The number of imide groups is 1. The van der Waals surface area contributed by atoms with Crippen LogP contribution in [0, 0.1) is 5.92 Å². The second-order valence-corrected chi connectivity index (χ2v) is 8.03. The summed E-state index contributed by atoms with van der Waals surface area (Å²) in [6.45, 7) is 7.03. The Morgan fingerprint density at radius 2 is 1.97 bits per heavy atom. The van der Waals surface area contributed by atoms with Crippen LogP contribution in [0.25, 0.3) is 0 Å². The van der Waals surface area contributed by atoms with E-state index in [-0.39, 0.29) is 12.5 Å². The van der Waals surface area contributed by atoms with Gasteiger partial charge in [-0.25, -0.2) is 4.79 Å². The number of amides is 4. The molecule has 1 aromatic carbocycles. The van der Waals surface area contributed by atoms with E-state index >= 15 is 0 Å². The fraction of sp³-hybridized carbons (Fsp3) is 0.591. The first-order chi connectivity index (χ1) is 14.4. The Kier molecular flexibility index (Phi) is 6.84. The minimum absolute atomic E-state index is 0.297. The summed E-state index contributed by atoms with van der Waals surface area (Å²) in [5.41, 5.74) is -0.682. The van der Waals surface area contributed by atoms with Crippen molar-refractivity contribution >= 4 is 17.8 Å².